The van der Waals surface area contributed by atoms with Gasteiger partial charge in [-0.25, -0.2) is 0 Å². The number of sulfone groups is 1. The Labute approximate surface area is 117 Å². The first-order valence-corrected chi connectivity index (χ1v) is 8.22. The van der Waals surface area contributed by atoms with E-state index in [2.05, 4.69) is 10.2 Å². The van der Waals surface area contributed by atoms with Gasteiger partial charge >= 0.3 is 0 Å². The van der Waals surface area contributed by atoms with Crippen LogP contribution in [0.3, 0.4) is 0 Å². The summed E-state index contributed by atoms with van der Waals surface area (Å²) in [7, 11) is -2.74. The molecule has 0 aliphatic carbocycles. The Morgan fingerprint density at radius 1 is 1.28 bits per heavy atom. The molecule has 0 aromatic rings. The zero-order valence-electron chi connectivity index (χ0n) is 10.6. The SMILES string of the molecule is Cl.[O-]S1([O-])CCC(NCCCN2CCOCC2)C1. The quantitative estimate of drug-likeness (QED) is 0.751. The lowest BCUT2D eigenvalue weighted by Gasteiger charge is -2.57. The van der Waals surface area contributed by atoms with E-state index in [1.165, 1.54) is 0 Å². The van der Waals surface area contributed by atoms with Crippen molar-refractivity contribution >= 4 is 23.0 Å². The maximum Gasteiger partial charge on any atom is 0.0594 e. The van der Waals surface area contributed by atoms with Crippen LogP contribution in [-0.4, -0.2) is 70.9 Å². The topological polar surface area (TPSA) is 70.6 Å². The van der Waals surface area contributed by atoms with E-state index in [1.807, 2.05) is 0 Å². The summed E-state index contributed by atoms with van der Waals surface area (Å²) in [6, 6.07) is 0.185. The normalized spacial score (nSPS) is 29.8. The minimum absolute atomic E-state index is 0. The number of halogens is 1. The van der Waals surface area contributed by atoms with Gasteiger partial charge in [0, 0.05) is 19.1 Å². The first-order chi connectivity index (χ1) is 8.16. The fraction of sp³-hybridized carbons (Fsp3) is 1.00. The van der Waals surface area contributed by atoms with E-state index < -0.39 is 10.6 Å². The predicted octanol–water partition coefficient (Wildman–Crippen LogP) is 0.558. The average Bonchev–Trinajstić information content (AvgIpc) is 2.66. The van der Waals surface area contributed by atoms with Crippen LogP contribution >= 0.6 is 23.0 Å². The number of nitrogens with one attached hydrogen (secondary N) is 1. The molecule has 2 rings (SSSR count). The first-order valence-electron chi connectivity index (χ1n) is 6.40. The number of rotatable bonds is 5. The molecule has 0 spiro atoms. The van der Waals surface area contributed by atoms with Crippen molar-refractivity contribution in [2.75, 3.05) is 50.9 Å². The molecule has 110 valence electrons. The Hall–Kier alpha value is 0.440. The molecule has 2 saturated heterocycles. The summed E-state index contributed by atoms with van der Waals surface area (Å²) in [5.41, 5.74) is 0. The third-order valence-electron chi connectivity index (χ3n) is 3.42. The summed E-state index contributed by atoms with van der Waals surface area (Å²) in [5.74, 6) is 0.679. The van der Waals surface area contributed by atoms with E-state index >= 15 is 0 Å². The fourth-order valence-corrected chi connectivity index (χ4v) is 4.10. The van der Waals surface area contributed by atoms with Gasteiger partial charge in [0.25, 0.3) is 0 Å². The second kappa shape index (κ2) is 7.89. The summed E-state index contributed by atoms with van der Waals surface area (Å²) in [6.45, 7) is 5.73. The minimum Gasteiger partial charge on any atom is -0.800 e. The number of nitrogens with zero attached hydrogens (tertiary/aromatic N) is 1. The van der Waals surface area contributed by atoms with Crippen molar-refractivity contribution in [3.63, 3.8) is 0 Å². The van der Waals surface area contributed by atoms with Crippen molar-refractivity contribution in [2.45, 2.75) is 18.9 Å². The molecule has 2 aliphatic rings. The van der Waals surface area contributed by atoms with Crippen LogP contribution in [0.4, 0.5) is 0 Å². The van der Waals surface area contributed by atoms with Gasteiger partial charge in [-0.15, -0.1) is 12.4 Å². The van der Waals surface area contributed by atoms with E-state index in [-0.39, 0.29) is 18.4 Å². The molecule has 0 radical (unpaired) electrons. The summed E-state index contributed by atoms with van der Waals surface area (Å²) in [4.78, 5) is 2.40. The highest BCUT2D eigenvalue weighted by atomic mass is 35.5. The van der Waals surface area contributed by atoms with Crippen molar-refractivity contribution in [3.05, 3.63) is 0 Å². The van der Waals surface area contributed by atoms with E-state index in [9.17, 15) is 9.11 Å². The highest BCUT2D eigenvalue weighted by Gasteiger charge is 2.17. The van der Waals surface area contributed by atoms with Crippen LogP contribution < -0.4 is 5.32 Å². The van der Waals surface area contributed by atoms with Crippen LogP contribution in [0.1, 0.15) is 12.8 Å². The van der Waals surface area contributed by atoms with Gasteiger partial charge in [0.05, 0.1) is 13.2 Å². The molecule has 0 aromatic heterocycles. The van der Waals surface area contributed by atoms with Gasteiger partial charge in [-0.05, 0) is 37.4 Å². The summed E-state index contributed by atoms with van der Waals surface area (Å²) >= 11 is 0. The lowest BCUT2D eigenvalue weighted by molar-refractivity contribution is 0.0374. The second-order valence-electron chi connectivity index (χ2n) is 4.86. The van der Waals surface area contributed by atoms with Crippen LogP contribution in [0, 0.1) is 0 Å². The molecule has 2 heterocycles. The van der Waals surface area contributed by atoms with E-state index in [0.717, 1.165) is 52.2 Å². The molecule has 1 atom stereocenters. The van der Waals surface area contributed by atoms with Gasteiger partial charge in [-0.1, -0.05) is 0 Å². The molecule has 1 N–H and O–H groups in total. The third kappa shape index (κ3) is 5.61. The lowest BCUT2D eigenvalue weighted by atomic mass is 10.2. The molecule has 7 heteroatoms. The molecule has 0 bridgehead atoms. The molecule has 5 nitrogen and oxygen atoms in total. The summed E-state index contributed by atoms with van der Waals surface area (Å²) in [6.07, 6.45) is 1.86. The highest BCUT2D eigenvalue weighted by molar-refractivity contribution is 8.24. The van der Waals surface area contributed by atoms with E-state index in [0.29, 0.717) is 11.5 Å². The zero-order chi connectivity index (χ0) is 12.1. The van der Waals surface area contributed by atoms with Gasteiger partial charge in [0.15, 0.2) is 0 Å². The predicted molar refractivity (Wildman–Crippen MR) is 74.4 cm³/mol. The fourth-order valence-electron chi connectivity index (χ4n) is 2.39. The molecule has 2 aliphatic heterocycles. The largest absolute Gasteiger partial charge is 0.800 e. The molecular formula is C11H23ClN2O3S-2. The van der Waals surface area contributed by atoms with Crippen LogP contribution in [0.25, 0.3) is 0 Å². The Bertz CT molecular complexity index is 240. The van der Waals surface area contributed by atoms with E-state index in [1.54, 1.807) is 0 Å². The maximum absolute atomic E-state index is 11.3. The molecule has 18 heavy (non-hydrogen) atoms. The van der Waals surface area contributed by atoms with Crippen LogP contribution in [0.15, 0.2) is 0 Å². The monoisotopic (exact) mass is 298 g/mol. The Balaban J connectivity index is 0.00000162. The second-order valence-corrected chi connectivity index (χ2v) is 7.09. The molecule has 0 amide bonds. The van der Waals surface area contributed by atoms with Gasteiger partial charge in [-0.2, -0.15) is 0 Å². The smallest absolute Gasteiger partial charge is 0.0594 e. The van der Waals surface area contributed by atoms with Crippen molar-refractivity contribution in [3.8, 4) is 0 Å². The van der Waals surface area contributed by atoms with Crippen LogP contribution in [0.2, 0.25) is 0 Å². The molecule has 0 saturated carbocycles. The summed E-state index contributed by atoms with van der Waals surface area (Å²) in [5, 5.41) is 3.34. The number of ether oxygens (including phenoxy) is 1. The van der Waals surface area contributed by atoms with Crippen LogP contribution in [0.5, 0.6) is 0 Å². The molecule has 0 aromatic carbocycles. The number of hydrogen-bond donors (Lipinski definition) is 1. The van der Waals surface area contributed by atoms with Crippen molar-refractivity contribution in [1.29, 1.82) is 0 Å². The Morgan fingerprint density at radius 3 is 2.61 bits per heavy atom. The average molecular weight is 299 g/mol. The first kappa shape index (κ1) is 16.5. The standard InChI is InChI=1S/C11H24N2O3S.ClH/c14-17(15)9-2-11(10-17)12-3-1-4-13-5-7-16-8-6-13;/h11-12,14-15H,1-10H2;1H/p-2. The highest BCUT2D eigenvalue weighted by Crippen LogP contribution is 2.44. The third-order valence-corrected chi connectivity index (χ3v) is 5.19. The van der Waals surface area contributed by atoms with Gasteiger partial charge in [0.1, 0.15) is 0 Å². The van der Waals surface area contributed by atoms with Gasteiger partial charge in [-0.3, -0.25) is 4.90 Å². The summed E-state index contributed by atoms with van der Waals surface area (Å²) < 4.78 is 27.8. The Morgan fingerprint density at radius 2 is 2.00 bits per heavy atom. The van der Waals surface area contributed by atoms with Crippen molar-refractivity contribution in [2.24, 2.45) is 0 Å². The minimum atomic E-state index is -2.74. The number of hydrogen-bond acceptors (Lipinski definition) is 5. The molecular weight excluding hydrogens is 276 g/mol. The molecule has 2 fully saturated rings. The number of morpholine rings is 1. The van der Waals surface area contributed by atoms with Gasteiger partial charge in [0.2, 0.25) is 0 Å². The molecule has 1 unspecified atom stereocenters. The zero-order valence-corrected chi connectivity index (χ0v) is 12.3. The van der Waals surface area contributed by atoms with Crippen molar-refractivity contribution < 1.29 is 13.8 Å². The lowest BCUT2D eigenvalue weighted by Crippen LogP contribution is -2.38. The van der Waals surface area contributed by atoms with E-state index in [4.69, 9.17) is 4.74 Å². The van der Waals surface area contributed by atoms with Crippen LogP contribution in [-0.2, 0) is 4.74 Å². The maximum atomic E-state index is 11.3. The Kier molecular flexibility index (Phi) is 7.23. The van der Waals surface area contributed by atoms with Gasteiger partial charge < -0.3 is 29.7 Å². The van der Waals surface area contributed by atoms with Crippen molar-refractivity contribution in [1.82, 2.24) is 10.2 Å².